The van der Waals surface area contributed by atoms with Gasteiger partial charge in [-0.25, -0.2) is 9.97 Å². The van der Waals surface area contributed by atoms with Crippen LogP contribution in [0.3, 0.4) is 0 Å². The summed E-state index contributed by atoms with van der Waals surface area (Å²) in [5.74, 6) is 2.73. The van der Waals surface area contributed by atoms with Gasteiger partial charge in [0, 0.05) is 12.5 Å². The Morgan fingerprint density at radius 2 is 1.89 bits per heavy atom. The standard InChI is InChI=1S/C15H24IN3/c1-3-7-12-13(16)15(17-10-4-2)19-14(18-12)11-8-5-6-9-11/h11H,3-10H2,1-2H3,(H,17,18,19). The lowest BCUT2D eigenvalue weighted by Gasteiger charge is -2.15. The number of anilines is 1. The maximum Gasteiger partial charge on any atom is 0.143 e. The second-order valence-electron chi connectivity index (χ2n) is 5.35. The fourth-order valence-corrected chi connectivity index (χ4v) is 3.34. The van der Waals surface area contributed by atoms with Gasteiger partial charge in [-0.2, -0.15) is 0 Å². The van der Waals surface area contributed by atoms with E-state index in [4.69, 9.17) is 9.97 Å². The van der Waals surface area contributed by atoms with Crippen LogP contribution in [0.25, 0.3) is 0 Å². The van der Waals surface area contributed by atoms with Crippen LogP contribution in [0.1, 0.15) is 69.8 Å². The van der Waals surface area contributed by atoms with Gasteiger partial charge in [0.15, 0.2) is 0 Å². The molecule has 1 aliphatic carbocycles. The van der Waals surface area contributed by atoms with E-state index in [2.05, 4.69) is 41.8 Å². The maximum atomic E-state index is 4.85. The summed E-state index contributed by atoms with van der Waals surface area (Å²) in [6.45, 7) is 5.39. The van der Waals surface area contributed by atoms with E-state index in [1.165, 1.54) is 34.9 Å². The number of aromatic nitrogens is 2. The fourth-order valence-electron chi connectivity index (χ4n) is 2.64. The number of halogens is 1. The van der Waals surface area contributed by atoms with Crippen LogP contribution in [0.4, 0.5) is 5.82 Å². The van der Waals surface area contributed by atoms with Crippen molar-refractivity contribution in [3.05, 3.63) is 15.1 Å². The maximum absolute atomic E-state index is 4.85. The summed E-state index contributed by atoms with van der Waals surface area (Å²) in [5.41, 5.74) is 1.23. The van der Waals surface area contributed by atoms with Crippen molar-refractivity contribution >= 4 is 28.4 Å². The van der Waals surface area contributed by atoms with E-state index in [1.54, 1.807) is 0 Å². The molecule has 1 aromatic heterocycles. The third-order valence-electron chi connectivity index (χ3n) is 3.69. The van der Waals surface area contributed by atoms with Crippen molar-refractivity contribution in [1.82, 2.24) is 9.97 Å². The summed E-state index contributed by atoms with van der Waals surface area (Å²) >= 11 is 2.40. The number of nitrogens with one attached hydrogen (secondary N) is 1. The lowest BCUT2D eigenvalue weighted by Crippen LogP contribution is -2.12. The van der Waals surface area contributed by atoms with Crippen LogP contribution >= 0.6 is 22.6 Å². The summed E-state index contributed by atoms with van der Waals surface area (Å²) < 4.78 is 1.22. The van der Waals surface area contributed by atoms with Gasteiger partial charge in [-0.15, -0.1) is 0 Å². The first-order chi connectivity index (χ1) is 9.26. The van der Waals surface area contributed by atoms with Crippen molar-refractivity contribution in [1.29, 1.82) is 0 Å². The highest BCUT2D eigenvalue weighted by Gasteiger charge is 2.22. The average Bonchev–Trinajstić information content (AvgIpc) is 2.94. The molecule has 19 heavy (non-hydrogen) atoms. The molecule has 1 N–H and O–H groups in total. The Hall–Kier alpha value is -0.390. The minimum atomic E-state index is 0.592. The van der Waals surface area contributed by atoms with Gasteiger partial charge < -0.3 is 5.32 Å². The Morgan fingerprint density at radius 3 is 2.53 bits per heavy atom. The van der Waals surface area contributed by atoms with Crippen LogP contribution in [-0.4, -0.2) is 16.5 Å². The molecule has 1 aliphatic rings. The Labute approximate surface area is 130 Å². The SMILES string of the molecule is CCCNc1nc(C2CCCC2)nc(CCC)c1I. The molecule has 0 amide bonds. The number of hydrogen-bond donors (Lipinski definition) is 1. The second kappa shape index (κ2) is 7.41. The van der Waals surface area contributed by atoms with Crippen LogP contribution in [0.15, 0.2) is 0 Å². The molecule has 0 aromatic carbocycles. The van der Waals surface area contributed by atoms with Gasteiger partial charge in [-0.3, -0.25) is 0 Å². The number of aryl methyl sites for hydroxylation is 1. The van der Waals surface area contributed by atoms with Gasteiger partial charge in [0.1, 0.15) is 11.6 Å². The highest BCUT2D eigenvalue weighted by molar-refractivity contribution is 14.1. The summed E-state index contributed by atoms with van der Waals surface area (Å²) in [5, 5.41) is 3.47. The first-order valence-corrected chi connectivity index (χ1v) is 8.64. The molecule has 1 fully saturated rings. The van der Waals surface area contributed by atoms with E-state index in [9.17, 15) is 0 Å². The third-order valence-corrected chi connectivity index (χ3v) is 4.82. The topological polar surface area (TPSA) is 37.8 Å². The van der Waals surface area contributed by atoms with Crippen molar-refractivity contribution in [2.45, 2.75) is 64.7 Å². The molecule has 0 spiro atoms. The minimum absolute atomic E-state index is 0.592. The zero-order valence-electron chi connectivity index (χ0n) is 12.0. The zero-order valence-corrected chi connectivity index (χ0v) is 14.2. The van der Waals surface area contributed by atoms with Gasteiger partial charge in [0.25, 0.3) is 0 Å². The molecule has 0 atom stereocenters. The summed E-state index contributed by atoms with van der Waals surface area (Å²) in [7, 11) is 0. The highest BCUT2D eigenvalue weighted by atomic mass is 127. The Balaban J connectivity index is 2.29. The molecular formula is C15H24IN3. The van der Waals surface area contributed by atoms with E-state index in [0.29, 0.717) is 5.92 Å². The van der Waals surface area contributed by atoms with E-state index in [1.807, 2.05) is 0 Å². The largest absolute Gasteiger partial charge is 0.369 e. The molecule has 0 unspecified atom stereocenters. The van der Waals surface area contributed by atoms with Crippen LogP contribution in [0, 0.1) is 3.57 Å². The van der Waals surface area contributed by atoms with Crippen molar-refractivity contribution < 1.29 is 0 Å². The number of nitrogens with zero attached hydrogens (tertiary/aromatic N) is 2. The molecular weight excluding hydrogens is 349 g/mol. The summed E-state index contributed by atoms with van der Waals surface area (Å²) in [6.07, 6.45) is 8.52. The monoisotopic (exact) mass is 373 g/mol. The molecule has 0 saturated heterocycles. The van der Waals surface area contributed by atoms with Gasteiger partial charge in [-0.1, -0.05) is 33.1 Å². The average molecular weight is 373 g/mol. The summed E-state index contributed by atoms with van der Waals surface area (Å²) in [4.78, 5) is 9.66. The first-order valence-electron chi connectivity index (χ1n) is 7.56. The Bertz CT molecular complexity index is 414. The molecule has 1 aromatic rings. The quantitative estimate of drug-likeness (QED) is 0.746. The third kappa shape index (κ3) is 3.80. The van der Waals surface area contributed by atoms with Gasteiger partial charge >= 0.3 is 0 Å². The molecule has 106 valence electrons. The van der Waals surface area contributed by atoms with Crippen molar-refractivity contribution in [3.8, 4) is 0 Å². The fraction of sp³-hybridized carbons (Fsp3) is 0.733. The molecule has 0 radical (unpaired) electrons. The van der Waals surface area contributed by atoms with E-state index >= 15 is 0 Å². The van der Waals surface area contributed by atoms with Gasteiger partial charge in [-0.05, 0) is 48.3 Å². The molecule has 1 saturated carbocycles. The van der Waals surface area contributed by atoms with Crippen LogP contribution in [0.5, 0.6) is 0 Å². The first kappa shape index (κ1) is 15.0. The Kier molecular flexibility index (Phi) is 5.85. The van der Waals surface area contributed by atoms with Crippen molar-refractivity contribution in [3.63, 3.8) is 0 Å². The van der Waals surface area contributed by atoms with Crippen LogP contribution < -0.4 is 5.32 Å². The predicted octanol–water partition coefficient (Wildman–Crippen LogP) is 4.51. The van der Waals surface area contributed by atoms with Gasteiger partial charge in [0.2, 0.25) is 0 Å². The number of hydrogen-bond acceptors (Lipinski definition) is 3. The lowest BCUT2D eigenvalue weighted by molar-refractivity contribution is 0.657. The van der Waals surface area contributed by atoms with E-state index in [0.717, 1.165) is 37.4 Å². The molecule has 1 heterocycles. The van der Waals surface area contributed by atoms with Crippen LogP contribution in [-0.2, 0) is 6.42 Å². The van der Waals surface area contributed by atoms with Crippen molar-refractivity contribution in [2.75, 3.05) is 11.9 Å². The molecule has 0 aliphatic heterocycles. The molecule has 0 bridgehead atoms. The zero-order chi connectivity index (χ0) is 13.7. The normalized spacial score (nSPS) is 15.9. The van der Waals surface area contributed by atoms with Crippen LogP contribution in [0.2, 0.25) is 0 Å². The molecule has 2 rings (SSSR count). The second-order valence-corrected chi connectivity index (χ2v) is 6.43. The van der Waals surface area contributed by atoms with Gasteiger partial charge in [0.05, 0.1) is 9.26 Å². The predicted molar refractivity (Wildman–Crippen MR) is 88.7 cm³/mol. The van der Waals surface area contributed by atoms with E-state index in [-0.39, 0.29) is 0 Å². The molecule has 4 heteroatoms. The molecule has 3 nitrogen and oxygen atoms in total. The van der Waals surface area contributed by atoms with E-state index < -0.39 is 0 Å². The number of rotatable bonds is 6. The highest BCUT2D eigenvalue weighted by Crippen LogP contribution is 2.34. The Morgan fingerprint density at radius 1 is 1.16 bits per heavy atom. The smallest absolute Gasteiger partial charge is 0.143 e. The summed E-state index contributed by atoms with van der Waals surface area (Å²) in [6, 6.07) is 0. The lowest BCUT2D eigenvalue weighted by atomic mass is 10.1. The minimum Gasteiger partial charge on any atom is -0.369 e. The van der Waals surface area contributed by atoms with Crippen molar-refractivity contribution in [2.24, 2.45) is 0 Å².